The summed E-state index contributed by atoms with van der Waals surface area (Å²) in [6.45, 7) is 0. The van der Waals surface area contributed by atoms with Crippen LogP contribution in [0.5, 0.6) is 0 Å². The first kappa shape index (κ1) is 9.60. The maximum absolute atomic E-state index is 5.78. The number of fused-ring (bicyclic) bond motifs is 1. The quantitative estimate of drug-likeness (QED) is 0.794. The van der Waals surface area contributed by atoms with Crippen molar-refractivity contribution in [3.05, 3.63) is 28.3 Å². The summed E-state index contributed by atoms with van der Waals surface area (Å²) in [4.78, 5) is 8.66. The number of rotatable bonds is 2. The van der Waals surface area contributed by atoms with Crippen molar-refractivity contribution >= 4 is 33.3 Å². The van der Waals surface area contributed by atoms with Gasteiger partial charge < -0.3 is 0 Å². The summed E-state index contributed by atoms with van der Waals surface area (Å²) in [7, 11) is 0. The summed E-state index contributed by atoms with van der Waals surface area (Å²) < 4.78 is 2.88. The predicted molar refractivity (Wildman–Crippen MR) is 62.2 cm³/mol. The molecule has 0 radical (unpaired) electrons. The first-order chi connectivity index (χ1) is 7.29. The van der Waals surface area contributed by atoms with Crippen LogP contribution in [0.25, 0.3) is 5.78 Å². The van der Waals surface area contributed by atoms with Crippen molar-refractivity contribution in [2.24, 2.45) is 0 Å². The van der Waals surface area contributed by atoms with E-state index in [1.807, 2.05) is 10.6 Å². The fraction of sp³-hybridized carbons (Fsp3) is 0.400. The number of alkyl halides is 1. The van der Waals surface area contributed by atoms with E-state index in [4.69, 9.17) is 11.6 Å². The third-order valence-electron chi connectivity index (χ3n) is 2.68. The topological polar surface area (TPSA) is 30.2 Å². The van der Waals surface area contributed by atoms with Gasteiger partial charge in [0.1, 0.15) is 4.60 Å². The van der Waals surface area contributed by atoms with E-state index < -0.39 is 0 Å². The van der Waals surface area contributed by atoms with Gasteiger partial charge >= 0.3 is 0 Å². The van der Waals surface area contributed by atoms with E-state index in [1.165, 1.54) is 18.4 Å². The van der Waals surface area contributed by atoms with E-state index >= 15 is 0 Å². The molecule has 1 fully saturated rings. The van der Waals surface area contributed by atoms with Gasteiger partial charge in [0.25, 0.3) is 0 Å². The van der Waals surface area contributed by atoms with E-state index in [-0.39, 0.29) is 0 Å². The highest BCUT2D eigenvalue weighted by molar-refractivity contribution is 9.10. The highest BCUT2D eigenvalue weighted by Gasteiger charge is 2.24. The van der Waals surface area contributed by atoms with E-state index in [2.05, 4.69) is 32.1 Å². The van der Waals surface area contributed by atoms with Gasteiger partial charge in [-0.3, -0.25) is 4.40 Å². The van der Waals surface area contributed by atoms with Crippen LogP contribution in [0.2, 0.25) is 0 Å². The summed E-state index contributed by atoms with van der Waals surface area (Å²) in [6, 6.07) is 0. The van der Waals surface area contributed by atoms with Gasteiger partial charge in [-0.05, 0) is 40.3 Å². The van der Waals surface area contributed by atoms with Crippen LogP contribution in [0.15, 0.2) is 17.0 Å². The molecule has 0 bridgehead atoms. The zero-order valence-electron chi connectivity index (χ0n) is 7.95. The second-order valence-corrected chi connectivity index (χ2v) is 4.83. The van der Waals surface area contributed by atoms with Crippen molar-refractivity contribution in [2.75, 3.05) is 0 Å². The van der Waals surface area contributed by atoms with Gasteiger partial charge in [0.05, 0.1) is 11.6 Å². The van der Waals surface area contributed by atoms with E-state index in [0.29, 0.717) is 17.6 Å². The summed E-state index contributed by atoms with van der Waals surface area (Å²) in [5, 5.41) is 0. The molecule has 2 aromatic heterocycles. The van der Waals surface area contributed by atoms with Crippen molar-refractivity contribution < 1.29 is 0 Å². The lowest BCUT2D eigenvalue weighted by atomic mass is 10.2. The summed E-state index contributed by atoms with van der Waals surface area (Å²) >= 11 is 9.28. The Kier molecular flexibility index (Phi) is 2.21. The Balaban J connectivity index is 2.19. The molecule has 3 nitrogen and oxygen atoms in total. The summed E-state index contributed by atoms with van der Waals surface area (Å²) in [5.41, 5.74) is 2.14. The fourth-order valence-electron chi connectivity index (χ4n) is 1.68. The van der Waals surface area contributed by atoms with Gasteiger partial charge in [-0.15, -0.1) is 11.6 Å². The Morgan fingerprint density at radius 1 is 1.53 bits per heavy atom. The zero-order valence-corrected chi connectivity index (χ0v) is 10.3. The Morgan fingerprint density at radius 3 is 3.00 bits per heavy atom. The molecular formula is C10H9BrClN3. The smallest absolute Gasteiger partial charge is 0.234 e. The van der Waals surface area contributed by atoms with E-state index in [0.717, 1.165) is 10.3 Å². The van der Waals surface area contributed by atoms with Crippen LogP contribution < -0.4 is 0 Å². The van der Waals surface area contributed by atoms with Gasteiger partial charge in [-0.2, -0.15) is 0 Å². The fourth-order valence-corrected chi connectivity index (χ4v) is 2.52. The Bertz CT molecular complexity index is 519. The van der Waals surface area contributed by atoms with E-state index in [9.17, 15) is 0 Å². The third kappa shape index (κ3) is 1.56. The summed E-state index contributed by atoms with van der Waals surface area (Å²) in [6.07, 6.45) is 6.58. The lowest BCUT2D eigenvalue weighted by Crippen LogP contribution is -1.92. The monoisotopic (exact) mass is 285 g/mol. The van der Waals surface area contributed by atoms with Crippen LogP contribution in [-0.2, 0) is 5.88 Å². The Hall–Kier alpha value is -0.610. The number of imidazole rings is 1. The lowest BCUT2D eigenvalue weighted by molar-refractivity contribution is 1.00. The highest BCUT2D eigenvalue weighted by atomic mass is 79.9. The van der Waals surface area contributed by atoms with Crippen LogP contribution in [-0.4, -0.2) is 14.4 Å². The molecule has 0 N–H and O–H groups in total. The molecule has 0 aromatic carbocycles. The zero-order chi connectivity index (χ0) is 10.4. The second-order valence-electron chi connectivity index (χ2n) is 3.81. The maximum atomic E-state index is 5.78. The molecule has 0 atom stereocenters. The first-order valence-corrected chi connectivity index (χ1v) is 6.20. The Morgan fingerprint density at radius 2 is 2.33 bits per heavy atom. The Labute approximate surface area is 101 Å². The molecule has 1 saturated carbocycles. The minimum absolute atomic E-state index is 0.405. The van der Waals surface area contributed by atoms with Crippen molar-refractivity contribution in [2.45, 2.75) is 24.6 Å². The molecule has 1 aliphatic carbocycles. The van der Waals surface area contributed by atoms with Crippen molar-refractivity contribution in [3.8, 4) is 0 Å². The molecule has 78 valence electrons. The highest BCUT2D eigenvalue weighted by Crippen LogP contribution is 2.39. The van der Waals surface area contributed by atoms with Crippen molar-refractivity contribution in [1.29, 1.82) is 0 Å². The molecular weight excluding hydrogens is 277 g/mol. The van der Waals surface area contributed by atoms with Gasteiger partial charge in [0, 0.05) is 12.4 Å². The maximum Gasteiger partial charge on any atom is 0.234 e. The number of halogens is 2. The molecule has 5 heteroatoms. The van der Waals surface area contributed by atoms with Crippen LogP contribution in [0.3, 0.4) is 0 Å². The molecule has 1 aliphatic rings. The van der Waals surface area contributed by atoms with Gasteiger partial charge in [0.15, 0.2) is 0 Å². The third-order valence-corrected chi connectivity index (χ3v) is 3.78. The average molecular weight is 287 g/mol. The number of hydrogen-bond acceptors (Lipinski definition) is 2. The molecule has 0 amide bonds. The second kappa shape index (κ2) is 3.46. The number of hydrogen-bond donors (Lipinski definition) is 0. The molecule has 2 aromatic rings. The summed E-state index contributed by atoms with van der Waals surface area (Å²) in [5.74, 6) is 1.82. The minimum Gasteiger partial charge on any atom is -0.277 e. The van der Waals surface area contributed by atoms with Gasteiger partial charge in [-0.25, -0.2) is 9.97 Å². The van der Waals surface area contributed by atoms with Gasteiger partial charge in [0.2, 0.25) is 5.78 Å². The minimum atomic E-state index is 0.405. The molecule has 15 heavy (non-hydrogen) atoms. The van der Waals surface area contributed by atoms with Crippen LogP contribution in [0, 0.1) is 0 Å². The molecule has 0 unspecified atom stereocenters. The van der Waals surface area contributed by atoms with Crippen LogP contribution >= 0.6 is 27.5 Å². The van der Waals surface area contributed by atoms with Crippen molar-refractivity contribution in [1.82, 2.24) is 14.4 Å². The van der Waals surface area contributed by atoms with Crippen molar-refractivity contribution in [3.63, 3.8) is 0 Å². The number of aromatic nitrogens is 3. The first-order valence-electron chi connectivity index (χ1n) is 4.88. The molecule has 0 spiro atoms. The van der Waals surface area contributed by atoms with Crippen LogP contribution in [0.1, 0.15) is 30.0 Å². The predicted octanol–water partition coefficient (Wildman–Crippen LogP) is 3.11. The molecule has 2 heterocycles. The standard InChI is InChI=1S/C10H9BrClN3/c11-9-8(3-12)14-10-13-4-7(5-15(9)10)6-1-2-6/h4-6H,1-3H2. The molecule has 0 saturated heterocycles. The normalized spacial score (nSPS) is 16.1. The van der Waals surface area contributed by atoms with E-state index in [1.54, 1.807) is 0 Å². The SMILES string of the molecule is ClCc1nc2ncc(C3CC3)cn2c1Br. The largest absolute Gasteiger partial charge is 0.277 e. The lowest BCUT2D eigenvalue weighted by Gasteiger charge is -1.99. The average Bonchev–Trinajstić information content (AvgIpc) is 3.05. The number of nitrogens with zero attached hydrogens (tertiary/aromatic N) is 3. The van der Waals surface area contributed by atoms with Crippen LogP contribution in [0.4, 0.5) is 0 Å². The van der Waals surface area contributed by atoms with Gasteiger partial charge in [-0.1, -0.05) is 0 Å². The molecule has 3 rings (SSSR count). The molecule has 0 aliphatic heterocycles.